The van der Waals surface area contributed by atoms with E-state index in [1.165, 1.54) is 6.42 Å². The highest BCUT2D eigenvalue weighted by atomic mass is 16.3. The van der Waals surface area contributed by atoms with Crippen LogP contribution in [0.25, 0.3) is 0 Å². The van der Waals surface area contributed by atoms with Crippen molar-refractivity contribution in [2.75, 3.05) is 18.0 Å². The number of nitrogens with zero attached hydrogens (tertiary/aromatic N) is 2. The zero-order chi connectivity index (χ0) is 18.3. The van der Waals surface area contributed by atoms with Crippen molar-refractivity contribution in [1.82, 2.24) is 4.90 Å². The molecule has 1 saturated carbocycles. The Morgan fingerprint density at radius 3 is 2.85 bits per heavy atom. The maximum atomic E-state index is 12.6. The summed E-state index contributed by atoms with van der Waals surface area (Å²) in [6.45, 7) is 5.92. The molecule has 5 nitrogen and oxygen atoms in total. The van der Waals surface area contributed by atoms with Crippen molar-refractivity contribution >= 4 is 11.6 Å². The van der Waals surface area contributed by atoms with Crippen LogP contribution in [0.5, 0.6) is 5.75 Å². The lowest BCUT2D eigenvalue weighted by molar-refractivity contribution is -0.121. The summed E-state index contributed by atoms with van der Waals surface area (Å²) in [5.74, 6) is 0.0666. The monoisotopic (exact) mass is 356 g/mol. The van der Waals surface area contributed by atoms with Gasteiger partial charge in [0.2, 0.25) is 5.91 Å². The summed E-state index contributed by atoms with van der Waals surface area (Å²) in [4.78, 5) is 17.0. The fraction of sp³-hybridized carbons (Fsp3) is 0.667. The predicted octanol–water partition coefficient (Wildman–Crippen LogP) is 2.39. The van der Waals surface area contributed by atoms with E-state index in [0.717, 1.165) is 44.3 Å². The number of hydrogen-bond acceptors (Lipinski definition) is 4. The van der Waals surface area contributed by atoms with E-state index in [1.807, 2.05) is 6.07 Å². The maximum absolute atomic E-state index is 12.6. The normalized spacial score (nSPS) is 40.9. The number of anilines is 1. The van der Waals surface area contributed by atoms with Crippen molar-refractivity contribution in [2.24, 2.45) is 5.41 Å². The number of phenolic OH excluding ortho intramolecular Hbond substituents is 1. The number of fused-ring (bicyclic) bond motifs is 1. The van der Waals surface area contributed by atoms with E-state index in [9.17, 15) is 15.0 Å². The van der Waals surface area contributed by atoms with Crippen LogP contribution in [0.3, 0.4) is 0 Å². The second-order valence-electron chi connectivity index (χ2n) is 8.83. The van der Waals surface area contributed by atoms with Crippen LogP contribution in [-0.4, -0.2) is 52.3 Å². The molecular formula is C21H28N2O3. The Hall–Kier alpha value is -1.59. The van der Waals surface area contributed by atoms with E-state index in [4.69, 9.17) is 0 Å². The molecule has 5 unspecified atom stereocenters. The zero-order valence-electron chi connectivity index (χ0n) is 15.6. The highest BCUT2D eigenvalue weighted by molar-refractivity contribution is 5.98. The number of rotatable bonds is 1. The summed E-state index contributed by atoms with van der Waals surface area (Å²) in [7, 11) is 0. The predicted molar refractivity (Wildman–Crippen MR) is 99.3 cm³/mol. The Morgan fingerprint density at radius 1 is 1.31 bits per heavy atom. The van der Waals surface area contributed by atoms with Crippen LogP contribution in [0.1, 0.15) is 51.5 Å². The standard InChI is InChI=1S/C21H28N2O3/c1-3-20-8-5-10-22-11-9-21(19(20)22)14-6-4-7-15(25)17(14)23(13(2)24)18(21)16(26)12-20/h4,6-7,16,18-19,25-26H,3,5,8-12H2,1-2H3. The Labute approximate surface area is 154 Å². The topological polar surface area (TPSA) is 64.0 Å². The molecule has 1 aliphatic carbocycles. The molecule has 3 fully saturated rings. The number of hydrogen-bond donors (Lipinski definition) is 2. The summed E-state index contributed by atoms with van der Waals surface area (Å²) in [5, 5.41) is 22.0. The number of carbonyl (C=O) groups is 1. The second kappa shape index (κ2) is 5.23. The summed E-state index contributed by atoms with van der Waals surface area (Å²) >= 11 is 0. The molecule has 1 aromatic carbocycles. The highest BCUT2D eigenvalue weighted by Gasteiger charge is 2.71. The van der Waals surface area contributed by atoms with E-state index in [0.29, 0.717) is 11.7 Å². The number of aliphatic hydroxyl groups is 1. The molecule has 2 saturated heterocycles. The van der Waals surface area contributed by atoms with Crippen molar-refractivity contribution < 1.29 is 15.0 Å². The molecule has 5 atom stereocenters. The lowest BCUT2D eigenvalue weighted by atomic mass is 9.51. The molecule has 2 N–H and O–H groups in total. The van der Waals surface area contributed by atoms with Gasteiger partial charge in [0.1, 0.15) is 5.75 Å². The number of aliphatic hydroxyl groups excluding tert-OH is 1. The van der Waals surface area contributed by atoms with Crippen molar-refractivity contribution in [3.05, 3.63) is 23.8 Å². The van der Waals surface area contributed by atoms with Gasteiger partial charge in [0.05, 0.1) is 17.8 Å². The fourth-order valence-corrected chi connectivity index (χ4v) is 7.27. The first-order chi connectivity index (χ1) is 12.5. The highest BCUT2D eigenvalue weighted by Crippen LogP contribution is 2.66. The van der Waals surface area contributed by atoms with Crippen LogP contribution >= 0.6 is 0 Å². The largest absolute Gasteiger partial charge is 0.506 e. The lowest BCUT2D eigenvalue weighted by Crippen LogP contribution is -2.69. The summed E-state index contributed by atoms with van der Waals surface area (Å²) in [6, 6.07) is 5.71. The van der Waals surface area contributed by atoms with Crippen LogP contribution in [0.15, 0.2) is 18.2 Å². The van der Waals surface area contributed by atoms with Gasteiger partial charge >= 0.3 is 0 Å². The third kappa shape index (κ3) is 1.71. The fourth-order valence-electron chi connectivity index (χ4n) is 7.27. The Balaban J connectivity index is 1.80. The maximum Gasteiger partial charge on any atom is 0.224 e. The number of carbonyl (C=O) groups excluding carboxylic acids is 1. The van der Waals surface area contributed by atoms with Gasteiger partial charge in [-0.25, -0.2) is 0 Å². The molecule has 1 amide bonds. The molecule has 5 rings (SSSR count). The number of para-hydroxylation sites is 1. The van der Waals surface area contributed by atoms with E-state index in [-0.39, 0.29) is 28.5 Å². The van der Waals surface area contributed by atoms with Gasteiger partial charge in [0.15, 0.2) is 0 Å². The van der Waals surface area contributed by atoms with Gasteiger partial charge in [-0.05, 0) is 62.2 Å². The molecular weight excluding hydrogens is 328 g/mol. The van der Waals surface area contributed by atoms with Gasteiger partial charge in [0.25, 0.3) is 0 Å². The minimum atomic E-state index is -0.556. The average molecular weight is 356 g/mol. The molecule has 1 aromatic rings. The number of phenols is 1. The summed E-state index contributed by atoms with van der Waals surface area (Å²) < 4.78 is 0. The summed E-state index contributed by atoms with van der Waals surface area (Å²) in [6.07, 6.45) is 4.51. The van der Waals surface area contributed by atoms with E-state index in [1.54, 1.807) is 17.9 Å². The van der Waals surface area contributed by atoms with E-state index >= 15 is 0 Å². The molecule has 5 heteroatoms. The molecule has 3 aliphatic heterocycles. The van der Waals surface area contributed by atoms with Gasteiger partial charge in [-0.15, -0.1) is 0 Å². The van der Waals surface area contributed by atoms with E-state index < -0.39 is 6.10 Å². The molecule has 0 bridgehead atoms. The number of benzene rings is 1. The van der Waals surface area contributed by atoms with Crippen molar-refractivity contribution in [1.29, 1.82) is 0 Å². The van der Waals surface area contributed by atoms with Crippen LogP contribution in [0.4, 0.5) is 5.69 Å². The third-order valence-electron chi connectivity index (χ3n) is 7.95. The van der Waals surface area contributed by atoms with E-state index in [2.05, 4.69) is 17.9 Å². The first kappa shape index (κ1) is 16.6. The van der Waals surface area contributed by atoms with Crippen LogP contribution in [0, 0.1) is 5.41 Å². The van der Waals surface area contributed by atoms with Crippen LogP contribution < -0.4 is 4.90 Å². The second-order valence-corrected chi connectivity index (χ2v) is 8.83. The van der Waals surface area contributed by atoms with Crippen LogP contribution in [0.2, 0.25) is 0 Å². The first-order valence-corrected chi connectivity index (χ1v) is 10.0. The van der Waals surface area contributed by atoms with Crippen LogP contribution in [-0.2, 0) is 10.2 Å². The van der Waals surface area contributed by atoms with Gasteiger partial charge < -0.3 is 15.1 Å². The quantitative estimate of drug-likeness (QED) is 0.811. The molecule has 1 spiro atoms. The van der Waals surface area contributed by atoms with Gasteiger partial charge in [-0.2, -0.15) is 0 Å². The van der Waals surface area contributed by atoms with Crippen molar-refractivity contribution in [3.63, 3.8) is 0 Å². The molecule has 140 valence electrons. The zero-order valence-corrected chi connectivity index (χ0v) is 15.6. The SMILES string of the molecule is CCC12CCCN3CCC4(c5cccc(O)c5N(C(C)=O)C4C(O)C1)C32. The van der Waals surface area contributed by atoms with Gasteiger partial charge in [-0.1, -0.05) is 19.1 Å². The first-order valence-electron chi connectivity index (χ1n) is 10.0. The molecule has 0 aromatic heterocycles. The number of piperidine rings is 1. The summed E-state index contributed by atoms with van der Waals surface area (Å²) in [5.41, 5.74) is 1.54. The number of aromatic hydroxyl groups is 1. The Morgan fingerprint density at radius 2 is 2.12 bits per heavy atom. The smallest absolute Gasteiger partial charge is 0.224 e. The lowest BCUT2D eigenvalue weighted by Gasteiger charge is -2.60. The van der Waals surface area contributed by atoms with Gasteiger partial charge in [-0.3, -0.25) is 9.69 Å². The number of amides is 1. The Bertz CT molecular complexity index is 781. The van der Waals surface area contributed by atoms with Crippen molar-refractivity contribution in [3.8, 4) is 5.75 Å². The molecule has 26 heavy (non-hydrogen) atoms. The molecule has 4 aliphatic rings. The minimum Gasteiger partial charge on any atom is -0.506 e. The average Bonchev–Trinajstić information content (AvgIpc) is 3.15. The minimum absolute atomic E-state index is 0.0908. The third-order valence-corrected chi connectivity index (χ3v) is 7.95. The van der Waals surface area contributed by atoms with Crippen molar-refractivity contribution in [2.45, 2.75) is 69.6 Å². The molecule has 3 heterocycles. The van der Waals surface area contributed by atoms with Gasteiger partial charge in [0, 0.05) is 18.4 Å². The molecule has 0 radical (unpaired) electrons. The Kier molecular flexibility index (Phi) is 3.33.